The van der Waals surface area contributed by atoms with Crippen LogP contribution >= 0.6 is 0 Å². The highest BCUT2D eigenvalue weighted by Gasteiger charge is 2.30. The van der Waals surface area contributed by atoms with Gasteiger partial charge in [-0.25, -0.2) is 0 Å². The van der Waals surface area contributed by atoms with Crippen LogP contribution in [-0.4, -0.2) is 5.91 Å². The molecule has 2 aromatic carbocycles. The number of fused-ring (bicyclic) bond motifs is 1. The molecule has 1 aliphatic carbocycles. The number of amides is 1. The van der Waals surface area contributed by atoms with Crippen molar-refractivity contribution in [1.82, 2.24) is 5.32 Å². The fraction of sp³-hybridized carbons (Fsp3) is 0.370. The smallest absolute Gasteiger partial charge is 0.350 e. The van der Waals surface area contributed by atoms with Crippen LogP contribution < -0.4 is 5.32 Å². The third-order valence-electron chi connectivity index (χ3n) is 4.83. The zero-order valence-corrected chi connectivity index (χ0v) is 19.4. The first kappa shape index (κ1) is 27.2. The average molecular weight is 446 g/mol. The summed E-state index contributed by atoms with van der Waals surface area (Å²) < 4.78 is 38.3. The van der Waals surface area contributed by atoms with Crippen molar-refractivity contribution in [1.29, 1.82) is 0 Å². The Balaban J connectivity index is 0.000000944. The number of rotatable bonds is 5. The van der Waals surface area contributed by atoms with E-state index >= 15 is 0 Å². The molecule has 174 valence electrons. The van der Waals surface area contributed by atoms with E-state index in [2.05, 4.69) is 30.1 Å². The Morgan fingerprint density at radius 3 is 2.50 bits per heavy atom. The van der Waals surface area contributed by atoms with Crippen molar-refractivity contribution in [2.45, 2.75) is 65.6 Å². The van der Waals surface area contributed by atoms with Crippen LogP contribution in [0.15, 0.2) is 61.2 Å². The number of nitrogens with one attached hydrogen (secondary N) is 1. The first-order chi connectivity index (χ1) is 15.3. The topological polar surface area (TPSA) is 29.1 Å². The molecule has 2 nitrogen and oxygen atoms in total. The molecule has 2 aromatic rings. The van der Waals surface area contributed by atoms with Crippen molar-refractivity contribution >= 4 is 12.0 Å². The molecule has 1 N–H and O–H groups in total. The summed E-state index contributed by atoms with van der Waals surface area (Å²) in [6, 6.07) is 11.1. The summed E-state index contributed by atoms with van der Waals surface area (Å²) in [6.45, 7) is 11.2. The zero-order chi connectivity index (χ0) is 24.1. The molecule has 3 rings (SSSR count). The minimum absolute atomic E-state index is 0.149. The molecule has 0 aromatic heterocycles. The first-order valence-electron chi connectivity index (χ1n) is 11.1. The molecule has 1 amide bonds. The third kappa shape index (κ3) is 8.37. The van der Waals surface area contributed by atoms with E-state index in [-0.39, 0.29) is 24.8 Å². The molecule has 0 aliphatic heterocycles. The number of allylic oxidation sites excluding steroid dienone is 2. The summed E-state index contributed by atoms with van der Waals surface area (Å²) in [4.78, 5) is 12.3. The fourth-order valence-electron chi connectivity index (χ4n) is 3.42. The monoisotopic (exact) mass is 445 g/mol. The van der Waals surface area contributed by atoms with Gasteiger partial charge in [-0.15, -0.1) is 6.58 Å². The Kier molecular flexibility index (Phi) is 11.5. The van der Waals surface area contributed by atoms with E-state index in [1.165, 1.54) is 11.6 Å². The second-order valence-corrected chi connectivity index (χ2v) is 7.26. The van der Waals surface area contributed by atoms with Crippen LogP contribution in [0.5, 0.6) is 0 Å². The summed E-state index contributed by atoms with van der Waals surface area (Å²) in [6.07, 6.45) is 4.05. The van der Waals surface area contributed by atoms with Crippen LogP contribution in [0.3, 0.4) is 0 Å². The lowest BCUT2D eigenvalue weighted by Gasteiger charge is -2.21. The summed E-state index contributed by atoms with van der Waals surface area (Å²) in [5.41, 5.74) is 3.33. The molecule has 0 saturated heterocycles. The van der Waals surface area contributed by atoms with Gasteiger partial charge in [-0.1, -0.05) is 68.5 Å². The normalized spacial score (nSPS) is 12.8. The summed E-state index contributed by atoms with van der Waals surface area (Å²) in [5, 5.41) is 2.97. The molecule has 1 atom stereocenters. The van der Waals surface area contributed by atoms with E-state index in [0.717, 1.165) is 36.1 Å². The Bertz CT molecular complexity index is 900. The van der Waals surface area contributed by atoms with E-state index in [1.807, 2.05) is 39.8 Å². The number of halogens is 3. The van der Waals surface area contributed by atoms with Gasteiger partial charge in [0.2, 0.25) is 5.91 Å². The van der Waals surface area contributed by atoms with Gasteiger partial charge in [0.05, 0.1) is 11.6 Å². The second kappa shape index (κ2) is 13.6. The lowest BCUT2D eigenvalue weighted by Crippen LogP contribution is -2.27. The van der Waals surface area contributed by atoms with Gasteiger partial charge in [0.25, 0.3) is 0 Å². The number of aryl methyl sites for hydroxylation is 2. The molecule has 0 heterocycles. The maximum atomic E-state index is 12.8. The van der Waals surface area contributed by atoms with Crippen molar-refractivity contribution < 1.29 is 18.0 Å². The number of alkyl halides is 3. The Hall–Kier alpha value is -2.82. The van der Waals surface area contributed by atoms with Gasteiger partial charge >= 0.3 is 6.18 Å². The first-order valence-corrected chi connectivity index (χ1v) is 11.1. The molecular formula is C27H34F3NO. The van der Waals surface area contributed by atoms with Crippen molar-refractivity contribution in [2.24, 2.45) is 0 Å². The largest absolute Gasteiger partial charge is 0.416 e. The Morgan fingerprint density at radius 2 is 1.84 bits per heavy atom. The maximum Gasteiger partial charge on any atom is 0.416 e. The lowest BCUT2D eigenvalue weighted by molar-refractivity contribution is -0.137. The maximum absolute atomic E-state index is 12.8. The molecule has 0 bridgehead atoms. The quantitative estimate of drug-likeness (QED) is 0.470. The van der Waals surface area contributed by atoms with Crippen molar-refractivity contribution in [3.05, 3.63) is 89.0 Å². The summed E-state index contributed by atoms with van der Waals surface area (Å²) in [5.74, 6) is -0.169. The molecule has 0 saturated carbocycles. The van der Waals surface area contributed by atoms with Gasteiger partial charge in [-0.2, -0.15) is 13.2 Å². The molecule has 5 heteroatoms. The summed E-state index contributed by atoms with van der Waals surface area (Å²) in [7, 11) is 0. The number of carbonyl (C=O) groups excluding carboxylic acids is 1. The molecule has 0 unspecified atom stereocenters. The van der Waals surface area contributed by atoms with Gasteiger partial charge in [-0.3, -0.25) is 4.79 Å². The standard InChI is InChI=1S/C22H22F3NO.C3H6.C2H6/c1-15(19-11-5-8-17-7-2-3-10-20(17)19)26-21(27)13-12-16-6-4-9-18(14-16)22(23,24)25;1-3-2;1-2/h3-6,8-11,14-15H,2,7,12-13H2,1H3,(H,26,27);3H,1H2,2H3;1-2H3/t15-;;/m1../s1. The van der Waals surface area contributed by atoms with Crippen molar-refractivity contribution in [2.75, 3.05) is 0 Å². The Morgan fingerprint density at radius 1 is 1.19 bits per heavy atom. The van der Waals surface area contributed by atoms with Crippen LogP contribution in [0, 0.1) is 0 Å². The Labute approximate surface area is 190 Å². The van der Waals surface area contributed by atoms with E-state index < -0.39 is 11.7 Å². The minimum Gasteiger partial charge on any atom is -0.350 e. The highest BCUT2D eigenvalue weighted by molar-refractivity contribution is 5.77. The van der Waals surface area contributed by atoms with Gasteiger partial charge in [-0.05, 0) is 61.4 Å². The highest BCUT2D eigenvalue weighted by atomic mass is 19.4. The fourth-order valence-corrected chi connectivity index (χ4v) is 3.42. The van der Waals surface area contributed by atoms with E-state index in [4.69, 9.17) is 0 Å². The lowest BCUT2D eigenvalue weighted by atomic mass is 9.90. The van der Waals surface area contributed by atoms with E-state index in [1.54, 1.807) is 12.1 Å². The van der Waals surface area contributed by atoms with Gasteiger partial charge < -0.3 is 5.32 Å². The van der Waals surface area contributed by atoms with Gasteiger partial charge in [0.15, 0.2) is 0 Å². The van der Waals surface area contributed by atoms with Crippen LogP contribution in [0.25, 0.3) is 6.08 Å². The predicted octanol–water partition coefficient (Wildman–Crippen LogP) is 7.69. The second-order valence-electron chi connectivity index (χ2n) is 7.26. The third-order valence-corrected chi connectivity index (χ3v) is 4.83. The van der Waals surface area contributed by atoms with Crippen molar-refractivity contribution in [3.8, 4) is 0 Å². The molecule has 32 heavy (non-hydrogen) atoms. The number of carbonyl (C=O) groups is 1. The molecule has 0 fully saturated rings. The van der Waals surface area contributed by atoms with Gasteiger partial charge in [0, 0.05) is 6.42 Å². The summed E-state index contributed by atoms with van der Waals surface area (Å²) >= 11 is 0. The van der Waals surface area contributed by atoms with Crippen LogP contribution in [0.1, 0.15) is 74.4 Å². The van der Waals surface area contributed by atoms with Crippen LogP contribution in [0.2, 0.25) is 0 Å². The molecule has 0 radical (unpaired) electrons. The van der Waals surface area contributed by atoms with Crippen LogP contribution in [0.4, 0.5) is 13.2 Å². The van der Waals surface area contributed by atoms with Crippen LogP contribution in [-0.2, 0) is 23.8 Å². The zero-order valence-electron chi connectivity index (χ0n) is 19.4. The SMILES string of the molecule is C=CC.CC.C[C@@H](NC(=O)CCc1cccc(C(F)(F)F)c1)c1cccc2c1C=CCC2. The number of hydrogen-bond acceptors (Lipinski definition) is 1. The number of benzene rings is 2. The minimum atomic E-state index is -4.37. The average Bonchev–Trinajstić information content (AvgIpc) is 2.79. The molecule has 1 aliphatic rings. The molecular weight excluding hydrogens is 411 g/mol. The highest BCUT2D eigenvalue weighted by Crippen LogP contribution is 2.30. The number of hydrogen-bond donors (Lipinski definition) is 1. The van der Waals surface area contributed by atoms with E-state index in [9.17, 15) is 18.0 Å². The van der Waals surface area contributed by atoms with E-state index in [0.29, 0.717) is 5.56 Å². The predicted molar refractivity (Wildman–Crippen MR) is 127 cm³/mol. The molecule has 0 spiro atoms. The van der Waals surface area contributed by atoms with Gasteiger partial charge in [0.1, 0.15) is 0 Å². The van der Waals surface area contributed by atoms with Crippen molar-refractivity contribution in [3.63, 3.8) is 0 Å².